The third-order valence-electron chi connectivity index (χ3n) is 5.71. The highest BCUT2D eigenvalue weighted by Crippen LogP contribution is 2.27. The molecule has 8 nitrogen and oxygen atoms in total. The van der Waals surface area contributed by atoms with Crippen molar-refractivity contribution in [2.24, 2.45) is 0 Å². The molecule has 0 saturated carbocycles. The summed E-state index contributed by atoms with van der Waals surface area (Å²) in [6.07, 6.45) is 3.74. The third kappa shape index (κ3) is 5.34. The first-order valence-corrected chi connectivity index (χ1v) is 12.6. The van der Waals surface area contributed by atoms with Crippen LogP contribution in [0.1, 0.15) is 31.2 Å². The van der Waals surface area contributed by atoms with E-state index in [1.165, 1.54) is 15.3 Å². The average Bonchev–Trinajstić information content (AvgIpc) is 3.04. The molecule has 2 aliphatic rings. The fourth-order valence-corrected chi connectivity index (χ4v) is 5.84. The lowest BCUT2D eigenvalue weighted by molar-refractivity contribution is -0.140. The van der Waals surface area contributed by atoms with E-state index >= 15 is 0 Å². The lowest BCUT2D eigenvalue weighted by atomic mass is 10.2. The van der Waals surface area contributed by atoms with Crippen LogP contribution in [0.3, 0.4) is 0 Å². The number of hydrogen-bond donors (Lipinski definition) is 1. The van der Waals surface area contributed by atoms with Gasteiger partial charge in [0.1, 0.15) is 11.9 Å². The number of aryl methyl sites for hydroxylation is 1. The number of hydrazine groups is 1. The Bertz CT molecular complexity index is 935. The highest BCUT2D eigenvalue weighted by molar-refractivity contribution is 7.89. The Morgan fingerprint density at radius 1 is 1.19 bits per heavy atom. The van der Waals surface area contributed by atoms with E-state index in [2.05, 4.69) is 5.43 Å². The Hall–Kier alpha value is -1.39. The molecule has 2 amide bonds. The van der Waals surface area contributed by atoms with Gasteiger partial charge in [-0.3, -0.25) is 14.6 Å². The molecule has 172 valence electrons. The Labute approximate surface area is 193 Å². The average molecular weight is 491 g/mol. The molecule has 1 aromatic carbocycles. The molecule has 0 spiro atoms. The van der Waals surface area contributed by atoms with Crippen molar-refractivity contribution in [3.8, 4) is 0 Å². The minimum atomic E-state index is -3.66. The zero-order valence-electron chi connectivity index (χ0n) is 17.7. The summed E-state index contributed by atoms with van der Waals surface area (Å²) in [7, 11) is -2.11. The van der Waals surface area contributed by atoms with Crippen LogP contribution >= 0.6 is 23.2 Å². The highest BCUT2D eigenvalue weighted by atomic mass is 35.5. The minimum Gasteiger partial charge on any atom is -0.314 e. The van der Waals surface area contributed by atoms with E-state index in [9.17, 15) is 18.0 Å². The second kappa shape index (κ2) is 10.0. The fourth-order valence-electron chi connectivity index (χ4n) is 3.70. The molecule has 2 saturated heterocycles. The summed E-state index contributed by atoms with van der Waals surface area (Å²) in [6.45, 7) is 2.77. The summed E-state index contributed by atoms with van der Waals surface area (Å²) in [6, 6.07) is 4.92. The van der Waals surface area contributed by atoms with E-state index in [0.29, 0.717) is 24.3 Å². The Morgan fingerprint density at radius 2 is 1.84 bits per heavy atom. The number of hydrogen-bond acceptors (Lipinski definition) is 5. The van der Waals surface area contributed by atoms with Gasteiger partial charge in [-0.1, -0.05) is 18.9 Å². The predicted molar refractivity (Wildman–Crippen MR) is 121 cm³/mol. The zero-order chi connectivity index (χ0) is 22.8. The van der Waals surface area contributed by atoms with E-state index in [1.54, 1.807) is 26.1 Å². The summed E-state index contributed by atoms with van der Waals surface area (Å²) < 4.78 is 28.1. The Kier molecular flexibility index (Phi) is 7.86. The van der Waals surface area contributed by atoms with Crippen molar-refractivity contribution < 1.29 is 18.0 Å². The van der Waals surface area contributed by atoms with Crippen LogP contribution in [0.25, 0.3) is 0 Å². The largest absolute Gasteiger partial charge is 0.314 e. The standard InChI is InChI=1S/C20H28Cl2N4O4S/c1-14-7-8-15(11-17(14)31(29,30)25-9-5-3-4-6-10-25)24(2)18(27)13-26-20(28)19(22)16(21)12-23-26/h7-8,11,16,19,23H,3-6,9-10,12-13H2,1-2H3. The van der Waals surface area contributed by atoms with Crippen LogP contribution in [0.15, 0.2) is 23.1 Å². The van der Waals surface area contributed by atoms with Gasteiger partial charge in [0.15, 0.2) is 0 Å². The molecule has 0 radical (unpaired) electrons. The van der Waals surface area contributed by atoms with Crippen molar-refractivity contribution in [1.82, 2.24) is 14.7 Å². The zero-order valence-corrected chi connectivity index (χ0v) is 20.0. The number of carbonyl (C=O) groups is 2. The number of carbonyl (C=O) groups excluding carboxylic acids is 2. The van der Waals surface area contributed by atoms with Crippen LogP contribution in [0, 0.1) is 6.92 Å². The number of nitrogens with one attached hydrogen (secondary N) is 1. The molecule has 2 heterocycles. The summed E-state index contributed by atoms with van der Waals surface area (Å²) in [5.74, 6) is -0.859. The third-order valence-corrected chi connectivity index (χ3v) is 8.77. The summed E-state index contributed by atoms with van der Waals surface area (Å²) in [4.78, 5) is 26.6. The lowest BCUT2D eigenvalue weighted by Gasteiger charge is -2.33. The van der Waals surface area contributed by atoms with Crippen molar-refractivity contribution in [3.05, 3.63) is 23.8 Å². The van der Waals surface area contributed by atoms with Gasteiger partial charge in [0.05, 0.1) is 10.3 Å². The molecule has 1 N–H and O–H groups in total. The normalized spacial score (nSPS) is 23.5. The molecule has 0 aliphatic carbocycles. The molecular weight excluding hydrogens is 463 g/mol. The number of nitrogens with zero attached hydrogens (tertiary/aromatic N) is 3. The van der Waals surface area contributed by atoms with Gasteiger partial charge in [0.25, 0.3) is 5.91 Å². The van der Waals surface area contributed by atoms with Crippen molar-refractivity contribution in [2.45, 2.75) is 48.3 Å². The highest BCUT2D eigenvalue weighted by Gasteiger charge is 2.35. The van der Waals surface area contributed by atoms with Crippen molar-refractivity contribution >= 4 is 50.7 Å². The molecule has 11 heteroatoms. The quantitative estimate of drug-likeness (QED) is 0.638. The molecule has 2 fully saturated rings. The molecule has 2 aliphatic heterocycles. The van der Waals surface area contributed by atoms with E-state index < -0.39 is 26.7 Å². The molecule has 2 unspecified atom stereocenters. The number of anilines is 1. The molecular formula is C20H28Cl2N4O4S. The molecule has 3 rings (SSSR count). The van der Waals surface area contributed by atoms with Gasteiger partial charge in [-0.25, -0.2) is 13.8 Å². The number of sulfonamides is 1. The van der Waals surface area contributed by atoms with Crippen LogP contribution in [0.5, 0.6) is 0 Å². The Balaban J connectivity index is 1.78. The van der Waals surface area contributed by atoms with Crippen LogP contribution in [0.2, 0.25) is 0 Å². The van der Waals surface area contributed by atoms with Gasteiger partial charge < -0.3 is 4.90 Å². The van der Waals surface area contributed by atoms with Gasteiger partial charge in [-0.2, -0.15) is 4.31 Å². The van der Waals surface area contributed by atoms with Crippen molar-refractivity contribution in [2.75, 3.05) is 38.1 Å². The van der Waals surface area contributed by atoms with E-state index in [0.717, 1.165) is 30.7 Å². The van der Waals surface area contributed by atoms with Crippen molar-refractivity contribution in [1.29, 1.82) is 0 Å². The molecule has 0 aromatic heterocycles. The number of likely N-dealkylation sites (N-methyl/N-ethyl adjacent to an activating group) is 1. The SMILES string of the molecule is Cc1ccc(N(C)C(=O)CN2NCC(Cl)C(Cl)C2=O)cc1S(=O)(=O)N1CCCCCC1. The predicted octanol–water partition coefficient (Wildman–Crippen LogP) is 2.08. The fraction of sp³-hybridized carbons (Fsp3) is 0.600. The smallest absolute Gasteiger partial charge is 0.256 e. The van der Waals surface area contributed by atoms with E-state index in [4.69, 9.17) is 23.2 Å². The number of alkyl halides is 2. The van der Waals surface area contributed by atoms with Gasteiger partial charge in [-0.05, 0) is 37.5 Å². The summed E-state index contributed by atoms with van der Waals surface area (Å²) in [5, 5.41) is -0.314. The van der Waals surface area contributed by atoms with E-state index in [-0.39, 0.29) is 23.9 Å². The number of benzene rings is 1. The molecule has 1 aromatic rings. The van der Waals surface area contributed by atoms with Gasteiger partial charge >= 0.3 is 0 Å². The Morgan fingerprint density at radius 3 is 2.48 bits per heavy atom. The first kappa shape index (κ1) is 24.3. The number of amides is 2. The second-order valence-corrected chi connectivity index (χ2v) is 10.9. The minimum absolute atomic E-state index is 0.199. The first-order valence-electron chi connectivity index (χ1n) is 10.3. The molecule has 0 bridgehead atoms. The van der Waals surface area contributed by atoms with Gasteiger partial charge in [-0.15, -0.1) is 23.2 Å². The maximum absolute atomic E-state index is 13.3. The number of rotatable bonds is 5. The first-order chi connectivity index (χ1) is 14.6. The number of halogens is 2. The molecule has 2 atom stereocenters. The summed E-state index contributed by atoms with van der Waals surface area (Å²) in [5.41, 5.74) is 3.86. The van der Waals surface area contributed by atoms with Crippen LogP contribution in [-0.2, 0) is 19.6 Å². The van der Waals surface area contributed by atoms with Crippen LogP contribution in [0.4, 0.5) is 5.69 Å². The maximum atomic E-state index is 13.3. The lowest BCUT2D eigenvalue weighted by Crippen LogP contribution is -2.59. The topological polar surface area (TPSA) is 90.0 Å². The van der Waals surface area contributed by atoms with Crippen molar-refractivity contribution in [3.63, 3.8) is 0 Å². The van der Waals surface area contributed by atoms with Gasteiger partial charge in [0, 0.05) is 32.4 Å². The summed E-state index contributed by atoms with van der Waals surface area (Å²) >= 11 is 12.0. The van der Waals surface area contributed by atoms with Gasteiger partial charge in [0.2, 0.25) is 15.9 Å². The van der Waals surface area contributed by atoms with Crippen LogP contribution in [-0.4, -0.2) is 73.5 Å². The monoisotopic (exact) mass is 490 g/mol. The second-order valence-electron chi connectivity index (χ2n) is 7.93. The molecule has 31 heavy (non-hydrogen) atoms. The van der Waals surface area contributed by atoms with Crippen LogP contribution < -0.4 is 10.3 Å². The van der Waals surface area contributed by atoms with E-state index in [1.807, 2.05) is 0 Å². The maximum Gasteiger partial charge on any atom is 0.256 e.